The van der Waals surface area contributed by atoms with Crippen molar-refractivity contribution in [1.29, 1.82) is 0 Å². The summed E-state index contributed by atoms with van der Waals surface area (Å²) in [5.74, 6) is 0.197. The predicted octanol–water partition coefficient (Wildman–Crippen LogP) is 2.17. The van der Waals surface area contributed by atoms with Gasteiger partial charge in [0, 0.05) is 0 Å². The maximum absolute atomic E-state index is 11.6. The number of hydrogen-bond donors (Lipinski definition) is 0. The predicted molar refractivity (Wildman–Crippen MR) is 57.4 cm³/mol. The summed E-state index contributed by atoms with van der Waals surface area (Å²) in [4.78, 5) is 22.5. The number of carbonyl (C=O) groups excluding carboxylic acids is 2. The van der Waals surface area contributed by atoms with Gasteiger partial charge in [0.1, 0.15) is 11.5 Å². The zero-order chi connectivity index (χ0) is 11.4. The highest BCUT2D eigenvalue weighted by Gasteiger charge is 2.13. The molecule has 0 unspecified atom stereocenters. The molecule has 0 spiro atoms. The van der Waals surface area contributed by atoms with Crippen LogP contribution in [0.2, 0.25) is 0 Å². The summed E-state index contributed by atoms with van der Waals surface area (Å²) in [5, 5.41) is 0. The van der Waals surface area contributed by atoms with Crippen molar-refractivity contribution >= 4 is 11.6 Å². The van der Waals surface area contributed by atoms with Gasteiger partial charge in [-0.3, -0.25) is 9.59 Å². The van der Waals surface area contributed by atoms with Crippen LogP contribution in [0.1, 0.15) is 29.3 Å². The Morgan fingerprint density at radius 1 is 1.33 bits per heavy atom. The van der Waals surface area contributed by atoms with Crippen LogP contribution in [0.15, 0.2) is 18.2 Å². The quantitative estimate of drug-likeness (QED) is 0.560. The van der Waals surface area contributed by atoms with Crippen LogP contribution in [0.5, 0.6) is 5.75 Å². The Morgan fingerprint density at radius 3 is 2.53 bits per heavy atom. The third-order valence-electron chi connectivity index (χ3n) is 2.07. The number of aryl methyl sites for hydroxylation is 1. The first-order valence-corrected chi connectivity index (χ1v) is 4.72. The number of ketones is 2. The number of carbonyl (C=O) groups is 2. The van der Waals surface area contributed by atoms with Crippen LogP contribution < -0.4 is 4.74 Å². The lowest BCUT2D eigenvalue weighted by atomic mass is 10.0. The summed E-state index contributed by atoms with van der Waals surface area (Å²) < 4.78 is 5.10. The highest BCUT2D eigenvalue weighted by Crippen LogP contribution is 2.21. The summed E-state index contributed by atoms with van der Waals surface area (Å²) >= 11 is 0. The third-order valence-corrected chi connectivity index (χ3v) is 2.07. The summed E-state index contributed by atoms with van der Waals surface area (Å²) in [6.07, 6.45) is -0.0700. The Labute approximate surface area is 89.1 Å². The topological polar surface area (TPSA) is 43.4 Å². The Balaban J connectivity index is 3.02. The van der Waals surface area contributed by atoms with Gasteiger partial charge in [-0.25, -0.2) is 0 Å². The minimum atomic E-state index is -0.195. The van der Waals surface area contributed by atoms with Crippen LogP contribution in [0.4, 0.5) is 0 Å². The lowest BCUT2D eigenvalue weighted by Gasteiger charge is -2.07. The Bertz CT molecular complexity index is 394. The zero-order valence-electron chi connectivity index (χ0n) is 9.16. The average molecular weight is 206 g/mol. The Kier molecular flexibility index (Phi) is 3.61. The fourth-order valence-electron chi connectivity index (χ4n) is 1.35. The van der Waals surface area contributed by atoms with E-state index in [1.165, 1.54) is 14.0 Å². The van der Waals surface area contributed by atoms with Crippen LogP contribution in [-0.2, 0) is 4.79 Å². The van der Waals surface area contributed by atoms with E-state index in [1.807, 2.05) is 13.0 Å². The van der Waals surface area contributed by atoms with Crippen LogP contribution in [0.3, 0.4) is 0 Å². The number of Topliss-reactive ketones (excluding diaryl/α,β-unsaturated/α-hetero) is 2. The van der Waals surface area contributed by atoms with Crippen molar-refractivity contribution in [2.45, 2.75) is 20.3 Å². The Morgan fingerprint density at radius 2 is 2.00 bits per heavy atom. The van der Waals surface area contributed by atoms with Crippen LogP contribution in [0, 0.1) is 6.92 Å². The van der Waals surface area contributed by atoms with Crippen LogP contribution in [-0.4, -0.2) is 18.7 Å². The van der Waals surface area contributed by atoms with Crippen molar-refractivity contribution in [3.8, 4) is 5.75 Å². The molecule has 0 amide bonds. The molecule has 0 aliphatic rings. The molecule has 0 aliphatic carbocycles. The van der Waals surface area contributed by atoms with Crippen molar-refractivity contribution in [2.24, 2.45) is 0 Å². The first-order valence-electron chi connectivity index (χ1n) is 4.72. The van der Waals surface area contributed by atoms with E-state index >= 15 is 0 Å². The van der Waals surface area contributed by atoms with E-state index in [1.54, 1.807) is 12.1 Å². The second-order valence-electron chi connectivity index (χ2n) is 3.51. The normalized spacial score (nSPS) is 9.80. The summed E-state index contributed by atoms with van der Waals surface area (Å²) in [6, 6.07) is 5.31. The van der Waals surface area contributed by atoms with Gasteiger partial charge in [0.05, 0.1) is 19.1 Å². The molecule has 1 aromatic rings. The molecular formula is C12H14O3. The molecule has 1 aromatic carbocycles. The molecule has 1 rings (SSSR count). The van der Waals surface area contributed by atoms with E-state index in [4.69, 9.17) is 4.74 Å². The highest BCUT2D eigenvalue weighted by molar-refractivity contribution is 6.08. The molecule has 0 saturated carbocycles. The van der Waals surface area contributed by atoms with Gasteiger partial charge in [-0.2, -0.15) is 0 Å². The second kappa shape index (κ2) is 4.73. The second-order valence-corrected chi connectivity index (χ2v) is 3.51. The van der Waals surface area contributed by atoms with Crippen LogP contribution in [0.25, 0.3) is 0 Å². The van der Waals surface area contributed by atoms with Gasteiger partial charge in [-0.05, 0) is 31.5 Å². The molecule has 0 saturated heterocycles. The molecule has 3 nitrogen and oxygen atoms in total. The van der Waals surface area contributed by atoms with Crippen molar-refractivity contribution in [2.75, 3.05) is 7.11 Å². The first kappa shape index (κ1) is 11.4. The van der Waals surface area contributed by atoms with E-state index in [9.17, 15) is 9.59 Å². The SMILES string of the molecule is COc1cc(C)ccc1C(=O)CC(C)=O. The van der Waals surface area contributed by atoms with Crippen molar-refractivity contribution in [1.82, 2.24) is 0 Å². The van der Waals surface area contributed by atoms with E-state index in [-0.39, 0.29) is 18.0 Å². The maximum atomic E-state index is 11.6. The van der Waals surface area contributed by atoms with E-state index in [0.717, 1.165) is 5.56 Å². The van der Waals surface area contributed by atoms with E-state index < -0.39 is 0 Å². The highest BCUT2D eigenvalue weighted by atomic mass is 16.5. The van der Waals surface area contributed by atoms with Gasteiger partial charge in [-0.15, -0.1) is 0 Å². The van der Waals surface area contributed by atoms with E-state index in [2.05, 4.69) is 0 Å². The third kappa shape index (κ3) is 2.91. The molecule has 0 heterocycles. The fourth-order valence-corrected chi connectivity index (χ4v) is 1.35. The van der Waals surface area contributed by atoms with Crippen molar-refractivity contribution in [3.63, 3.8) is 0 Å². The largest absolute Gasteiger partial charge is 0.496 e. The first-order chi connectivity index (χ1) is 7.04. The standard InChI is InChI=1S/C12H14O3/c1-8-4-5-10(12(6-8)15-3)11(14)7-9(2)13/h4-6H,7H2,1-3H3. The monoisotopic (exact) mass is 206 g/mol. The van der Waals surface area contributed by atoms with Gasteiger partial charge in [0.2, 0.25) is 0 Å². The molecule has 0 fully saturated rings. The molecule has 0 N–H and O–H groups in total. The van der Waals surface area contributed by atoms with Crippen molar-refractivity contribution in [3.05, 3.63) is 29.3 Å². The van der Waals surface area contributed by atoms with Gasteiger partial charge >= 0.3 is 0 Å². The maximum Gasteiger partial charge on any atom is 0.173 e. The average Bonchev–Trinajstić information content (AvgIpc) is 2.16. The number of rotatable bonds is 4. The molecule has 0 atom stereocenters. The zero-order valence-corrected chi connectivity index (χ0v) is 9.16. The number of benzene rings is 1. The van der Waals surface area contributed by atoms with Gasteiger partial charge in [0.25, 0.3) is 0 Å². The van der Waals surface area contributed by atoms with E-state index in [0.29, 0.717) is 11.3 Å². The lowest BCUT2D eigenvalue weighted by molar-refractivity contribution is -0.116. The van der Waals surface area contributed by atoms with Crippen LogP contribution >= 0.6 is 0 Å². The fraction of sp³-hybridized carbons (Fsp3) is 0.333. The number of methoxy groups -OCH3 is 1. The number of ether oxygens (including phenoxy) is 1. The summed E-state index contributed by atoms with van der Waals surface area (Å²) in [7, 11) is 1.51. The molecule has 3 heteroatoms. The molecule has 0 bridgehead atoms. The summed E-state index contributed by atoms with van der Waals surface area (Å²) in [6.45, 7) is 3.32. The molecule has 80 valence electrons. The summed E-state index contributed by atoms with van der Waals surface area (Å²) in [5.41, 5.74) is 1.49. The lowest BCUT2D eigenvalue weighted by Crippen LogP contribution is -2.06. The molecule has 0 radical (unpaired) electrons. The van der Waals surface area contributed by atoms with Gasteiger partial charge < -0.3 is 4.74 Å². The van der Waals surface area contributed by atoms with Gasteiger partial charge in [0.15, 0.2) is 5.78 Å². The minimum Gasteiger partial charge on any atom is -0.496 e. The molecular weight excluding hydrogens is 192 g/mol. The molecule has 0 aromatic heterocycles. The van der Waals surface area contributed by atoms with Crippen molar-refractivity contribution < 1.29 is 14.3 Å². The van der Waals surface area contributed by atoms with Gasteiger partial charge in [-0.1, -0.05) is 6.07 Å². The molecule has 15 heavy (non-hydrogen) atoms. The smallest absolute Gasteiger partial charge is 0.173 e. The minimum absolute atomic E-state index is 0.0700. The molecule has 0 aliphatic heterocycles. The number of hydrogen-bond acceptors (Lipinski definition) is 3. The Hall–Kier alpha value is -1.64.